The van der Waals surface area contributed by atoms with Crippen LogP contribution in [-0.4, -0.2) is 49.3 Å². The number of carbonyl (C=O) groups is 2. The average molecular weight is 399 g/mol. The molecule has 0 saturated carbocycles. The van der Waals surface area contributed by atoms with Crippen molar-refractivity contribution in [3.05, 3.63) is 29.3 Å². The Bertz CT molecular complexity index is 770. The summed E-state index contributed by atoms with van der Waals surface area (Å²) in [4.78, 5) is 24.0. The van der Waals surface area contributed by atoms with Crippen molar-refractivity contribution in [2.75, 3.05) is 19.6 Å². The number of nitrogens with zero attached hydrogens (tertiary/aromatic N) is 1. The van der Waals surface area contributed by atoms with Crippen LogP contribution in [0.4, 0.5) is 0 Å². The SMILES string of the molecule is CCN(CC)S(=O)(=O)c1ccc(C)c(C(=O)NCC(CC(C)C)C(=O)O)c1. The van der Waals surface area contributed by atoms with E-state index in [0.29, 0.717) is 25.1 Å². The number of hydrogen-bond donors (Lipinski definition) is 2. The van der Waals surface area contributed by atoms with Crippen molar-refractivity contribution in [2.45, 2.75) is 45.9 Å². The first-order valence-electron chi connectivity index (χ1n) is 9.16. The van der Waals surface area contributed by atoms with Crippen molar-refractivity contribution < 1.29 is 23.1 Å². The molecule has 0 spiro atoms. The molecule has 0 aromatic heterocycles. The topological polar surface area (TPSA) is 104 Å². The quantitative estimate of drug-likeness (QED) is 0.630. The third kappa shape index (κ3) is 6.04. The molecule has 0 aliphatic heterocycles. The highest BCUT2D eigenvalue weighted by molar-refractivity contribution is 7.89. The Kier molecular flexibility index (Phi) is 8.43. The number of carbonyl (C=O) groups excluding carboxylic acids is 1. The van der Waals surface area contributed by atoms with Crippen LogP contribution in [0.2, 0.25) is 0 Å². The zero-order chi connectivity index (χ0) is 20.8. The van der Waals surface area contributed by atoms with Gasteiger partial charge < -0.3 is 10.4 Å². The van der Waals surface area contributed by atoms with E-state index >= 15 is 0 Å². The molecule has 0 radical (unpaired) electrons. The Hall–Kier alpha value is -1.93. The summed E-state index contributed by atoms with van der Waals surface area (Å²) in [6, 6.07) is 4.43. The highest BCUT2D eigenvalue weighted by Crippen LogP contribution is 2.20. The number of hydrogen-bond acceptors (Lipinski definition) is 4. The zero-order valence-electron chi connectivity index (χ0n) is 16.7. The van der Waals surface area contributed by atoms with Crippen LogP contribution in [0, 0.1) is 18.8 Å². The monoisotopic (exact) mass is 398 g/mol. The second-order valence-corrected chi connectivity index (χ2v) is 8.88. The molecule has 0 fully saturated rings. The Morgan fingerprint density at radius 1 is 1.19 bits per heavy atom. The first-order valence-corrected chi connectivity index (χ1v) is 10.6. The molecule has 8 heteroatoms. The van der Waals surface area contributed by atoms with Gasteiger partial charge in [-0.15, -0.1) is 0 Å². The number of nitrogens with one attached hydrogen (secondary N) is 1. The smallest absolute Gasteiger partial charge is 0.308 e. The van der Waals surface area contributed by atoms with Crippen molar-refractivity contribution in [2.24, 2.45) is 11.8 Å². The van der Waals surface area contributed by atoms with E-state index in [9.17, 15) is 23.1 Å². The van der Waals surface area contributed by atoms with Crippen LogP contribution in [0.3, 0.4) is 0 Å². The molecular formula is C19H30N2O5S. The number of rotatable bonds is 10. The van der Waals surface area contributed by atoms with Gasteiger partial charge in [-0.1, -0.05) is 33.8 Å². The number of aryl methyl sites for hydroxylation is 1. The number of carboxylic acid groups (broad SMARTS) is 1. The van der Waals surface area contributed by atoms with Crippen LogP contribution in [-0.2, 0) is 14.8 Å². The van der Waals surface area contributed by atoms with E-state index in [4.69, 9.17) is 0 Å². The molecular weight excluding hydrogens is 368 g/mol. The standard InChI is InChI=1S/C19H30N2O5S/c1-6-21(7-2)27(25,26)16-9-8-14(5)17(11-16)18(22)20-12-15(19(23)24)10-13(3)4/h8-9,11,13,15H,6-7,10,12H2,1-5H3,(H,20,22)(H,23,24). The van der Waals surface area contributed by atoms with Gasteiger partial charge in [0.15, 0.2) is 0 Å². The summed E-state index contributed by atoms with van der Waals surface area (Å²) in [5.74, 6) is -1.93. The van der Waals surface area contributed by atoms with Crippen LogP contribution >= 0.6 is 0 Å². The van der Waals surface area contributed by atoms with E-state index in [1.54, 1.807) is 26.8 Å². The summed E-state index contributed by atoms with van der Waals surface area (Å²) in [5.41, 5.74) is 0.860. The lowest BCUT2D eigenvalue weighted by atomic mass is 9.97. The Morgan fingerprint density at radius 3 is 2.26 bits per heavy atom. The molecule has 152 valence electrons. The summed E-state index contributed by atoms with van der Waals surface area (Å²) in [6.45, 7) is 9.73. The molecule has 2 N–H and O–H groups in total. The average Bonchev–Trinajstić information content (AvgIpc) is 2.58. The number of benzene rings is 1. The molecule has 1 amide bonds. The predicted octanol–water partition coefficient (Wildman–Crippen LogP) is 2.50. The molecule has 0 bridgehead atoms. The number of carboxylic acids is 1. The molecule has 0 aliphatic carbocycles. The molecule has 1 rings (SSSR count). The van der Waals surface area contributed by atoms with E-state index in [1.807, 2.05) is 13.8 Å². The third-order valence-electron chi connectivity index (χ3n) is 4.41. The second-order valence-electron chi connectivity index (χ2n) is 6.94. The highest BCUT2D eigenvalue weighted by Gasteiger charge is 2.24. The summed E-state index contributed by atoms with van der Waals surface area (Å²) < 4.78 is 26.7. The molecule has 1 unspecified atom stereocenters. The van der Waals surface area contributed by atoms with Crippen LogP contribution in [0.25, 0.3) is 0 Å². The number of sulfonamides is 1. The normalized spacial score (nSPS) is 13.0. The largest absolute Gasteiger partial charge is 0.481 e. The summed E-state index contributed by atoms with van der Waals surface area (Å²) in [6.07, 6.45) is 0.449. The van der Waals surface area contributed by atoms with Gasteiger partial charge in [0.1, 0.15) is 0 Å². The van der Waals surface area contributed by atoms with E-state index < -0.39 is 27.8 Å². The molecule has 0 heterocycles. The van der Waals surface area contributed by atoms with Crippen molar-refractivity contribution in [3.63, 3.8) is 0 Å². The zero-order valence-corrected chi connectivity index (χ0v) is 17.5. The molecule has 1 aromatic carbocycles. The predicted molar refractivity (Wildman–Crippen MR) is 104 cm³/mol. The Labute approximate surface area is 161 Å². The number of aliphatic carboxylic acids is 1. The fourth-order valence-electron chi connectivity index (χ4n) is 2.87. The van der Waals surface area contributed by atoms with Gasteiger partial charge in [0, 0.05) is 25.2 Å². The summed E-state index contributed by atoms with van der Waals surface area (Å²) in [7, 11) is -3.68. The highest BCUT2D eigenvalue weighted by atomic mass is 32.2. The van der Waals surface area contributed by atoms with E-state index in [2.05, 4.69) is 5.32 Å². The van der Waals surface area contributed by atoms with Crippen molar-refractivity contribution in [3.8, 4) is 0 Å². The van der Waals surface area contributed by atoms with Crippen LogP contribution in [0.1, 0.15) is 50.0 Å². The fourth-order valence-corrected chi connectivity index (χ4v) is 4.36. The van der Waals surface area contributed by atoms with Gasteiger partial charge in [0.05, 0.1) is 10.8 Å². The van der Waals surface area contributed by atoms with Gasteiger partial charge in [-0.05, 0) is 37.0 Å². The molecule has 7 nitrogen and oxygen atoms in total. The molecule has 1 atom stereocenters. The third-order valence-corrected chi connectivity index (χ3v) is 6.46. The summed E-state index contributed by atoms with van der Waals surface area (Å²) in [5, 5.41) is 11.9. The number of amides is 1. The van der Waals surface area contributed by atoms with Gasteiger partial charge in [-0.3, -0.25) is 9.59 Å². The Balaban J connectivity index is 3.06. The first-order chi connectivity index (χ1) is 12.5. The maximum Gasteiger partial charge on any atom is 0.308 e. The van der Waals surface area contributed by atoms with Crippen molar-refractivity contribution in [1.82, 2.24) is 9.62 Å². The summed E-state index contributed by atoms with van der Waals surface area (Å²) >= 11 is 0. The lowest BCUT2D eigenvalue weighted by Gasteiger charge is -2.19. The van der Waals surface area contributed by atoms with Crippen LogP contribution in [0.5, 0.6) is 0 Å². The Morgan fingerprint density at radius 2 is 1.78 bits per heavy atom. The lowest BCUT2D eigenvalue weighted by Crippen LogP contribution is -2.34. The van der Waals surface area contributed by atoms with Crippen molar-refractivity contribution >= 4 is 21.9 Å². The van der Waals surface area contributed by atoms with Gasteiger partial charge in [0.25, 0.3) is 5.91 Å². The van der Waals surface area contributed by atoms with Crippen molar-refractivity contribution in [1.29, 1.82) is 0 Å². The van der Waals surface area contributed by atoms with Gasteiger partial charge >= 0.3 is 5.97 Å². The van der Waals surface area contributed by atoms with Gasteiger partial charge in [-0.25, -0.2) is 8.42 Å². The first kappa shape index (κ1) is 23.1. The van der Waals surface area contributed by atoms with Crippen LogP contribution in [0.15, 0.2) is 23.1 Å². The van der Waals surface area contributed by atoms with Gasteiger partial charge in [-0.2, -0.15) is 4.31 Å². The maximum atomic E-state index is 12.7. The van der Waals surface area contributed by atoms with E-state index in [-0.39, 0.29) is 22.9 Å². The lowest BCUT2D eigenvalue weighted by molar-refractivity contribution is -0.142. The molecule has 1 aromatic rings. The molecule has 0 aliphatic rings. The molecule has 27 heavy (non-hydrogen) atoms. The maximum absolute atomic E-state index is 12.7. The fraction of sp³-hybridized carbons (Fsp3) is 0.579. The van der Waals surface area contributed by atoms with E-state index in [0.717, 1.165) is 0 Å². The minimum atomic E-state index is -3.68. The molecule has 0 saturated heterocycles. The van der Waals surface area contributed by atoms with E-state index in [1.165, 1.54) is 16.4 Å². The second kappa shape index (κ2) is 9.85. The van der Waals surface area contributed by atoms with Crippen LogP contribution < -0.4 is 5.32 Å². The van der Waals surface area contributed by atoms with Gasteiger partial charge in [0.2, 0.25) is 10.0 Å². The minimum Gasteiger partial charge on any atom is -0.481 e. The minimum absolute atomic E-state index is 0.00118.